The Bertz CT molecular complexity index is 1080. The Balaban J connectivity index is 1.94. The zero-order valence-corrected chi connectivity index (χ0v) is 18.6. The third kappa shape index (κ3) is 4.78. The average molecular weight is 459 g/mol. The second-order valence-electron chi connectivity index (χ2n) is 7.89. The van der Waals surface area contributed by atoms with E-state index in [2.05, 4.69) is 4.98 Å². The van der Waals surface area contributed by atoms with E-state index in [4.69, 9.17) is 4.74 Å². The Hall–Kier alpha value is -2.37. The highest BCUT2D eigenvalue weighted by atomic mass is 32.2. The van der Waals surface area contributed by atoms with Gasteiger partial charge in [0, 0.05) is 38.0 Å². The molecule has 7 nitrogen and oxygen atoms in total. The monoisotopic (exact) mass is 458 g/mol. The minimum absolute atomic E-state index is 0.00858. The number of anilines is 2. The molecule has 0 amide bonds. The van der Waals surface area contributed by atoms with Crippen molar-refractivity contribution in [2.75, 3.05) is 50.5 Å². The van der Waals surface area contributed by atoms with Crippen molar-refractivity contribution < 1.29 is 26.3 Å². The highest BCUT2D eigenvalue weighted by molar-refractivity contribution is 7.92. The van der Waals surface area contributed by atoms with Crippen LogP contribution < -0.4 is 9.62 Å². The van der Waals surface area contributed by atoms with E-state index in [0.717, 1.165) is 12.1 Å². The number of ether oxygens (including phenoxy) is 1. The number of nitrogens with zero attached hydrogens (tertiary/aromatic N) is 3. The van der Waals surface area contributed by atoms with Gasteiger partial charge in [-0.05, 0) is 45.6 Å². The van der Waals surface area contributed by atoms with Crippen molar-refractivity contribution >= 4 is 21.5 Å². The van der Waals surface area contributed by atoms with Gasteiger partial charge in [0.15, 0.2) is 10.7 Å². The van der Waals surface area contributed by atoms with Crippen LogP contribution in [0.2, 0.25) is 0 Å². The van der Waals surface area contributed by atoms with Crippen molar-refractivity contribution in [3.8, 4) is 0 Å². The summed E-state index contributed by atoms with van der Waals surface area (Å²) in [4.78, 5) is 5.99. The van der Waals surface area contributed by atoms with Crippen molar-refractivity contribution in [2.24, 2.45) is 0 Å². The first kappa shape index (κ1) is 23.3. The Morgan fingerprint density at radius 3 is 2.61 bits per heavy atom. The highest BCUT2D eigenvalue weighted by Gasteiger charge is 2.40. The molecule has 1 N–H and O–H groups in total. The van der Waals surface area contributed by atoms with Crippen LogP contribution in [0.25, 0.3) is 0 Å². The first-order valence-corrected chi connectivity index (χ1v) is 11.1. The van der Waals surface area contributed by atoms with Gasteiger partial charge >= 0.3 is 0 Å². The number of benzene rings is 1. The molecule has 1 aromatic carbocycles. The van der Waals surface area contributed by atoms with Crippen LogP contribution in [-0.2, 0) is 14.8 Å². The van der Waals surface area contributed by atoms with Crippen LogP contribution in [0.3, 0.4) is 0 Å². The smallest absolute Gasteiger partial charge is 0.268 e. The summed E-state index contributed by atoms with van der Waals surface area (Å²) < 4.78 is 76.1. The number of rotatable bonds is 7. The Morgan fingerprint density at radius 2 is 2.00 bits per heavy atom. The van der Waals surface area contributed by atoms with Crippen molar-refractivity contribution in [3.05, 3.63) is 47.4 Å². The predicted molar refractivity (Wildman–Crippen MR) is 111 cm³/mol. The molecule has 0 bridgehead atoms. The minimum atomic E-state index is -4.68. The van der Waals surface area contributed by atoms with Crippen LogP contribution in [0, 0.1) is 24.5 Å². The van der Waals surface area contributed by atoms with E-state index in [-0.39, 0.29) is 17.1 Å². The summed E-state index contributed by atoms with van der Waals surface area (Å²) in [5.74, 6) is -3.76. The SMILES string of the molecule is CO[C@]1(CN(C)C)CCN(c2cc(F)c(S(=O)(=O)Nc3cccc(F)n3)c(F)c2C)C1. The molecule has 2 aromatic rings. The highest BCUT2D eigenvalue weighted by Crippen LogP contribution is 2.36. The second kappa shape index (κ2) is 8.64. The van der Waals surface area contributed by atoms with Crippen molar-refractivity contribution in [3.63, 3.8) is 0 Å². The number of pyridine rings is 1. The number of sulfonamides is 1. The van der Waals surface area contributed by atoms with E-state index >= 15 is 4.39 Å². The van der Waals surface area contributed by atoms with E-state index in [1.807, 2.05) is 23.7 Å². The Labute approximate surface area is 179 Å². The molecule has 11 heteroatoms. The van der Waals surface area contributed by atoms with Crippen LogP contribution in [0.5, 0.6) is 0 Å². The van der Waals surface area contributed by atoms with Gasteiger partial charge in [0.2, 0.25) is 5.95 Å². The van der Waals surface area contributed by atoms with Gasteiger partial charge in [0.05, 0.1) is 5.60 Å². The van der Waals surface area contributed by atoms with E-state index in [9.17, 15) is 17.2 Å². The summed E-state index contributed by atoms with van der Waals surface area (Å²) >= 11 is 0. The molecule has 0 radical (unpaired) electrons. The van der Waals surface area contributed by atoms with Crippen molar-refractivity contribution in [1.82, 2.24) is 9.88 Å². The lowest BCUT2D eigenvalue weighted by Gasteiger charge is -2.31. The molecule has 31 heavy (non-hydrogen) atoms. The Morgan fingerprint density at radius 1 is 1.29 bits per heavy atom. The summed E-state index contributed by atoms with van der Waals surface area (Å²) in [6, 6.07) is 4.43. The zero-order chi connectivity index (χ0) is 23.0. The summed E-state index contributed by atoms with van der Waals surface area (Å²) in [6.07, 6.45) is 0.650. The summed E-state index contributed by atoms with van der Waals surface area (Å²) in [7, 11) is 0.745. The lowest BCUT2D eigenvalue weighted by Crippen LogP contribution is -2.44. The maximum absolute atomic E-state index is 15.1. The number of aromatic nitrogens is 1. The maximum atomic E-state index is 15.1. The first-order chi connectivity index (χ1) is 14.5. The van der Waals surface area contributed by atoms with Gasteiger partial charge < -0.3 is 14.5 Å². The standard InChI is InChI=1S/C20H25F3N4O3S/c1-13-15(27-9-8-20(12-27,30-4)11-26(2)3)10-14(21)19(18(13)23)31(28,29)25-17-7-5-6-16(22)24-17/h5-7,10H,8-9,11-12H2,1-4H3,(H,24,25)/t20-/m0/s1. The van der Waals surface area contributed by atoms with Crippen molar-refractivity contribution in [2.45, 2.75) is 23.8 Å². The fraction of sp³-hybridized carbons (Fsp3) is 0.450. The number of hydrogen-bond donors (Lipinski definition) is 1. The average Bonchev–Trinajstić information content (AvgIpc) is 3.07. The van der Waals surface area contributed by atoms with E-state index in [1.165, 1.54) is 19.1 Å². The molecule has 2 heterocycles. The van der Waals surface area contributed by atoms with Crippen LogP contribution in [0.1, 0.15) is 12.0 Å². The van der Waals surface area contributed by atoms with E-state index < -0.39 is 38.1 Å². The van der Waals surface area contributed by atoms with Gasteiger partial charge in [0.1, 0.15) is 11.6 Å². The van der Waals surface area contributed by atoms with Crippen LogP contribution >= 0.6 is 0 Å². The third-order valence-electron chi connectivity index (χ3n) is 5.31. The zero-order valence-electron chi connectivity index (χ0n) is 17.7. The molecular formula is C20H25F3N4O3S. The molecule has 0 saturated carbocycles. The molecule has 0 aliphatic carbocycles. The summed E-state index contributed by atoms with van der Waals surface area (Å²) in [6.45, 7) is 2.92. The lowest BCUT2D eigenvalue weighted by atomic mass is 10.0. The van der Waals surface area contributed by atoms with Gasteiger partial charge in [-0.1, -0.05) is 6.07 Å². The van der Waals surface area contributed by atoms with Crippen LogP contribution in [-0.4, -0.2) is 64.7 Å². The number of halogens is 3. The molecule has 170 valence electrons. The van der Waals surface area contributed by atoms with Gasteiger partial charge in [-0.3, -0.25) is 4.72 Å². The maximum Gasteiger partial charge on any atom is 0.268 e. The fourth-order valence-electron chi connectivity index (χ4n) is 3.90. The van der Waals surface area contributed by atoms with Gasteiger partial charge in [-0.15, -0.1) is 0 Å². The van der Waals surface area contributed by atoms with Gasteiger partial charge in [0.25, 0.3) is 10.0 Å². The molecular weight excluding hydrogens is 433 g/mol. The Kier molecular flexibility index (Phi) is 6.49. The molecule has 3 rings (SSSR count). The lowest BCUT2D eigenvalue weighted by molar-refractivity contribution is -0.0100. The van der Waals surface area contributed by atoms with Gasteiger partial charge in [-0.25, -0.2) is 22.2 Å². The van der Waals surface area contributed by atoms with E-state index in [1.54, 1.807) is 12.0 Å². The quantitative estimate of drug-likeness (QED) is 0.644. The van der Waals surface area contributed by atoms with E-state index in [0.29, 0.717) is 26.1 Å². The second-order valence-corrected chi connectivity index (χ2v) is 9.51. The topological polar surface area (TPSA) is 74.8 Å². The largest absolute Gasteiger partial charge is 0.375 e. The molecule has 1 aliphatic rings. The number of methoxy groups -OCH3 is 1. The normalized spacial score (nSPS) is 19.3. The fourth-order valence-corrected chi connectivity index (χ4v) is 5.09. The number of nitrogens with one attached hydrogen (secondary N) is 1. The molecule has 0 unspecified atom stereocenters. The molecule has 1 saturated heterocycles. The molecule has 1 aromatic heterocycles. The summed E-state index contributed by atoms with van der Waals surface area (Å²) in [5, 5.41) is 0. The molecule has 1 aliphatic heterocycles. The van der Waals surface area contributed by atoms with Crippen molar-refractivity contribution in [1.29, 1.82) is 0 Å². The third-order valence-corrected chi connectivity index (χ3v) is 6.70. The van der Waals surface area contributed by atoms with Gasteiger partial charge in [-0.2, -0.15) is 4.39 Å². The van der Waals surface area contributed by atoms with Crippen LogP contribution in [0.15, 0.2) is 29.2 Å². The first-order valence-electron chi connectivity index (χ1n) is 9.57. The molecule has 1 atom stereocenters. The molecule has 0 spiro atoms. The number of hydrogen-bond acceptors (Lipinski definition) is 6. The summed E-state index contributed by atoms with van der Waals surface area (Å²) in [5.41, 5.74) is -0.251. The molecule has 1 fully saturated rings. The minimum Gasteiger partial charge on any atom is -0.375 e. The predicted octanol–water partition coefficient (Wildman–Crippen LogP) is 2.77. The van der Waals surface area contributed by atoms with Crippen LogP contribution in [0.4, 0.5) is 24.7 Å². The number of likely N-dealkylation sites (N-methyl/N-ethyl adjacent to an activating group) is 1.